The number of rotatable bonds is 4. The summed E-state index contributed by atoms with van der Waals surface area (Å²) in [5.41, 5.74) is 1.92. The van der Waals surface area contributed by atoms with Crippen LogP contribution in [0.4, 0.5) is 0 Å². The summed E-state index contributed by atoms with van der Waals surface area (Å²) >= 11 is 5.80. The summed E-state index contributed by atoms with van der Waals surface area (Å²) in [5, 5.41) is 1.28. The number of amides is 1. The van der Waals surface area contributed by atoms with Gasteiger partial charge in [-0.2, -0.15) is 0 Å². The summed E-state index contributed by atoms with van der Waals surface area (Å²) in [6, 6.07) is 13.3. The molecule has 0 fully saturated rings. The zero-order valence-corrected chi connectivity index (χ0v) is 14.9. The molecule has 0 bridgehead atoms. The molecule has 0 aliphatic rings. The molecule has 7 heteroatoms. The first-order valence-corrected chi connectivity index (χ1v) is 9.37. The average molecular weight is 375 g/mol. The van der Waals surface area contributed by atoms with Crippen LogP contribution < -0.4 is 4.72 Å². The number of benzene rings is 2. The molecule has 5 nitrogen and oxygen atoms in total. The number of halogens is 1. The Morgan fingerprint density at radius 1 is 1.12 bits per heavy atom. The Morgan fingerprint density at radius 3 is 2.56 bits per heavy atom. The molecule has 0 saturated heterocycles. The van der Waals surface area contributed by atoms with Crippen molar-refractivity contribution in [3.8, 4) is 0 Å². The van der Waals surface area contributed by atoms with Gasteiger partial charge in [-0.1, -0.05) is 35.9 Å². The number of nitrogens with zero attached hydrogens (tertiary/aromatic N) is 1. The van der Waals surface area contributed by atoms with Gasteiger partial charge in [0.25, 0.3) is 10.0 Å². The predicted octanol–water partition coefficient (Wildman–Crippen LogP) is 3.24. The predicted molar refractivity (Wildman–Crippen MR) is 97.0 cm³/mol. The highest BCUT2D eigenvalue weighted by atomic mass is 35.5. The third kappa shape index (κ3) is 3.81. The van der Waals surface area contributed by atoms with Crippen molar-refractivity contribution in [2.75, 3.05) is 0 Å². The molecular weight excluding hydrogens is 360 g/mol. The van der Waals surface area contributed by atoms with Crippen LogP contribution in [-0.2, 0) is 21.2 Å². The second kappa shape index (κ2) is 6.82. The maximum atomic E-state index is 12.6. The van der Waals surface area contributed by atoms with E-state index in [0.717, 1.165) is 10.9 Å². The highest BCUT2D eigenvalue weighted by molar-refractivity contribution is 7.90. The van der Waals surface area contributed by atoms with Crippen molar-refractivity contribution in [3.63, 3.8) is 0 Å². The molecule has 3 rings (SSSR count). The summed E-state index contributed by atoms with van der Waals surface area (Å²) < 4.78 is 27.3. The zero-order chi connectivity index (χ0) is 18.0. The number of hydrogen-bond acceptors (Lipinski definition) is 4. The van der Waals surface area contributed by atoms with Gasteiger partial charge in [-0.25, -0.2) is 13.1 Å². The lowest BCUT2D eigenvalue weighted by Crippen LogP contribution is -2.32. The minimum absolute atomic E-state index is 0.0156. The van der Waals surface area contributed by atoms with Crippen LogP contribution in [0.3, 0.4) is 0 Å². The van der Waals surface area contributed by atoms with E-state index < -0.39 is 15.9 Å². The van der Waals surface area contributed by atoms with Crippen molar-refractivity contribution >= 4 is 38.4 Å². The third-order valence-electron chi connectivity index (χ3n) is 3.77. The molecule has 1 aromatic heterocycles. The molecule has 0 aliphatic carbocycles. The Hall–Kier alpha value is -2.44. The van der Waals surface area contributed by atoms with E-state index in [4.69, 9.17) is 11.6 Å². The number of fused-ring (bicyclic) bond motifs is 1. The number of hydrogen-bond donors (Lipinski definition) is 1. The summed E-state index contributed by atoms with van der Waals surface area (Å²) in [4.78, 5) is 16.3. The number of aryl methyl sites for hydroxylation is 1. The maximum absolute atomic E-state index is 12.6. The van der Waals surface area contributed by atoms with Crippen molar-refractivity contribution in [2.24, 2.45) is 0 Å². The summed E-state index contributed by atoms with van der Waals surface area (Å²) in [6.07, 6.45) is 1.46. The van der Waals surface area contributed by atoms with Crippen molar-refractivity contribution in [1.82, 2.24) is 9.71 Å². The van der Waals surface area contributed by atoms with Gasteiger partial charge < -0.3 is 0 Å². The SMILES string of the molecule is Cc1ccc(S(=O)(=O)NC(=O)Cc2ccc(Cl)cc2)c2ncccc12. The van der Waals surface area contributed by atoms with Crippen LogP contribution in [-0.4, -0.2) is 19.3 Å². The monoisotopic (exact) mass is 374 g/mol. The first-order valence-electron chi connectivity index (χ1n) is 7.51. The van der Waals surface area contributed by atoms with Gasteiger partial charge in [-0.05, 0) is 42.3 Å². The van der Waals surface area contributed by atoms with E-state index >= 15 is 0 Å². The van der Waals surface area contributed by atoms with E-state index in [0.29, 0.717) is 16.1 Å². The van der Waals surface area contributed by atoms with Crippen LogP contribution in [0.2, 0.25) is 5.02 Å². The van der Waals surface area contributed by atoms with E-state index in [2.05, 4.69) is 9.71 Å². The quantitative estimate of drug-likeness (QED) is 0.760. The number of nitrogens with one attached hydrogen (secondary N) is 1. The van der Waals surface area contributed by atoms with Crippen molar-refractivity contribution in [3.05, 3.63) is 70.9 Å². The van der Waals surface area contributed by atoms with Gasteiger partial charge in [0, 0.05) is 16.6 Å². The average Bonchev–Trinajstić information content (AvgIpc) is 2.57. The number of carbonyl (C=O) groups is 1. The number of sulfonamides is 1. The minimum Gasteiger partial charge on any atom is -0.274 e. The van der Waals surface area contributed by atoms with Gasteiger partial charge in [0.15, 0.2) is 0 Å². The Morgan fingerprint density at radius 2 is 1.84 bits per heavy atom. The molecule has 0 aliphatic heterocycles. The Balaban J connectivity index is 1.88. The summed E-state index contributed by atoms with van der Waals surface area (Å²) in [7, 11) is -4.02. The first kappa shape index (κ1) is 17.4. The fourth-order valence-corrected chi connectivity index (χ4v) is 3.81. The fraction of sp³-hybridized carbons (Fsp3) is 0.111. The van der Waals surface area contributed by atoms with E-state index in [1.807, 2.05) is 6.92 Å². The number of pyridine rings is 1. The molecular formula is C18H15ClN2O3S. The van der Waals surface area contributed by atoms with Gasteiger partial charge in [0.1, 0.15) is 4.90 Å². The van der Waals surface area contributed by atoms with Crippen LogP contribution in [0.15, 0.2) is 59.6 Å². The molecule has 0 saturated carbocycles. The minimum atomic E-state index is -4.02. The number of carbonyl (C=O) groups excluding carboxylic acids is 1. The Kier molecular flexibility index (Phi) is 4.74. The first-order chi connectivity index (χ1) is 11.9. The van der Waals surface area contributed by atoms with Gasteiger partial charge in [-0.3, -0.25) is 9.78 Å². The van der Waals surface area contributed by atoms with Crippen LogP contribution in [0.25, 0.3) is 10.9 Å². The maximum Gasteiger partial charge on any atom is 0.266 e. The number of aromatic nitrogens is 1. The van der Waals surface area contributed by atoms with Gasteiger partial charge in [0.05, 0.1) is 11.9 Å². The largest absolute Gasteiger partial charge is 0.274 e. The summed E-state index contributed by atoms with van der Waals surface area (Å²) in [6.45, 7) is 1.87. The van der Waals surface area contributed by atoms with Crippen molar-refractivity contribution < 1.29 is 13.2 Å². The molecule has 2 aromatic carbocycles. The van der Waals surface area contributed by atoms with Crippen molar-refractivity contribution in [2.45, 2.75) is 18.2 Å². The molecule has 25 heavy (non-hydrogen) atoms. The lowest BCUT2D eigenvalue weighted by molar-refractivity contribution is -0.118. The normalized spacial score (nSPS) is 11.4. The van der Waals surface area contributed by atoms with Gasteiger partial charge in [0.2, 0.25) is 5.91 Å². The van der Waals surface area contributed by atoms with Gasteiger partial charge in [-0.15, -0.1) is 0 Å². The van der Waals surface area contributed by atoms with E-state index in [-0.39, 0.29) is 11.3 Å². The van der Waals surface area contributed by atoms with Crippen LogP contribution in [0.5, 0.6) is 0 Å². The lowest BCUT2D eigenvalue weighted by Gasteiger charge is -2.10. The van der Waals surface area contributed by atoms with Crippen LogP contribution in [0, 0.1) is 6.92 Å². The van der Waals surface area contributed by atoms with E-state index in [1.165, 1.54) is 12.3 Å². The molecule has 1 N–H and O–H groups in total. The third-order valence-corrected chi connectivity index (χ3v) is 5.42. The molecule has 1 amide bonds. The second-order valence-corrected chi connectivity index (χ2v) is 7.70. The van der Waals surface area contributed by atoms with E-state index in [9.17, 15) is 13.2 Å². The molecule has 0 spiro atoms. The molecule has 3 aromatic rings. The molecule has 0 atom stereocenters. The topological polar surface area (TPSA) is 76.1 Å². The van der Waals surface area contributed by atoms with E-state index in [1.54, 1.807) is 42.5 Å². The second-order valence-electron chi connectivity index (χ2n) is 5.61. The highest BCUT2D eigenvalue weighted by Crippen LogP contribution is 2.23. The zero-order valence-electron chi connectivity index (χ0n) is 13.4. The Bertz CT molecular complexity index is 1050. The highest BCUT2D eigenvalue weighted by Gasteiger charge is 2.21. The molecule has 0 radical (unpaired) electrons. The van der Waals surface area contributed by atoms with Crippen molar-refractivity contribution in [1.29, 1.82) is 0 Å². The standard InChI is InChI=1S/C18H15ClN2O3S/c1-12-4-9-16(18-15(12)3-2-10-20-18)25(23,24)21-17(22)11-13-5-7-14(19)8-6-13/h2-10H,11H2,1H3,(H,21,22). The van der Waals surface area contributed by atoms with Crippen LogP contribution >= 0.6 is 11.6 Å². The molecule has 0 unspecified atom stereocenters. The molecule has 1 heterocycles. The van der Waals surface area contributed by atoms with Crippen LogP contribution in [0.1, 0.15) is 11.1 Å². The smallest absolute Gasteiger partial charge is 0.266 e. The lowest BCUT2D eigenvalue weighted by atomic mass is 10.1. The Labute approximate surface area is 150 Å². The molecule has 128 valence electrons. The summed E-state index contributed by atoms with van der Waals surface area (Å²) in [5.74, 6) is -0.619. The fourth-order valence-electron chi connectivity index (χ4n) is 2.53. The van der Waals surface area contributed by atoms with Gasteiger partial charge >= 0.3 is 0 Å².